The molecule has 0 saturated heterocycles. The van der Waals surface area contributed by atoms with E-state index in [0.717, 1.165) is 0 Å². The van der Waals surface area contributed by atoms with Gasteiger partial charge in [0.05, 0.1) is 0 Å². The molecule has 0 aliphatic carbocycles. The molecular formula is C10H12N6. The normalized spacial score (nSPS) is 10.7. The van der Waals surface area contributed by atoms with Crippen molar-refractivity contribution in [3.8, 4) is 11.6 Å². The zero-order valence-corrected chi connectivity index (χ0v) is 9.12. The number of aromatic nitrogens is 5. The summed E-state index contributed by atoms with van der Waals surface area (Å²) in [7, 11) is 0. The lowest BCUT2D eigenvalue weighted by Crippen LogP contribution is -2.07. The predicted molar refractivity (Wildman–Crippen MR) is 59.4 cm³/mol. The topological polar surface area (TPSA) is 90.5 Å². The first-order valence-electron chi connectivity index (χ1n) is 4.95. The molecule has 0 aliphatic rings. The van der Waals surface area contributed by atoms with Crippen LogP contribution in [0.1, 0.15) is 25.6 Å². The second-order valence-corrected chi connectivity index (χ2v) is 3.60. The van der Waals surface area contributed by atoms with Gasteiger partial charge >= 0.3 is 0 Å². The van der Waals surface area contributed by atoms with Crippen molar-refractivity contribution >= 4 is 5.95 Å². The van der Waals surface area contributed by atoms with Crippen molar-refractivity contribution in [1.29, 1.82) is 0 Å². The predicted octanol–water partition coefficient (Wildman–Crippen LogP) is 1.03. The lowest BCUT2D eigenvalue weighted by molar-refractivity contribution is 0.765. The third-order valence-corrected chi connectivity index (χ3v) is 1.95. The molecule has 0 unspecified atom stereocenters. The highest BCUT2D eigenvalue weighted by Gasteiger charge is 2.10. The van der Waals surface area contributed by atoms with Crippen LogP contribution in [0.2, 0.25) is 0 Å². The number of hydrogen-bond donors (Lipinski definition) is 1. The fourth-order valence-corrected chi connectivity index (χ4v) is 1.18. The Kier molecular flexibility index (Phi) is 2.72. The van der Waals surface area contributed by atoms with Gasteiger partial charge in [0.2, 0.25) is 11.8 Å². The summed E-state index contributed by atoms with van der Waals surface area (Å²) in [6, 6.07) is 1.73. The lowest BCUT2D eigenvalue weighted by Gasteiger charge is -2.05. The Balaban J connectivity index is 2.50. The van der Waals surface area contributed by atoms with E-state index in [9.17, 15) is 0 Å². The number of anilines is 1. The molecule has 0 saturated carbocycles. The fourth-order valence-electron chi connectivity index (χ4n) is 1.18. The van der Waals surface area contributed by atoms with E-state index in [1.54, 1.807) is 18.5 Å². The quantitative estimate of drug-likeness (QED) is 0.806. The van der Waals surface area contributed by atoms with E-state index in [2.05, 4.69) is 24.9 Å². The molecule has 6 heteroatoms. The highest BCUT2D eigenvalue weighted by atomic mass is 15.1. The van der Waals surface area contributed by atoms with Crippen LogP contribution in [0.5, 0.6) is 0 Å². The molecule has 0 atom stereocenters. The summed E-state index contributed by atoms with van der Waals surface area (Å²) < 4.78 is 0. The Morgan fingerprint density at radius 2 is 1.69 bits per heavy atom. The average Bonchev–Trinajstić information content (AvgIpc) is 2.29. The summed E-state index contributed by atoms with van der Waals surface area (Å²) in [4.78, 5) is 20.5. The molecule has 0 radical (unpaired) electrons. The number of nitrogens with zero attached hydrogens (tertiary/aromatic N) is 5. The maximum Gasteiger partial charge on any atom is 0.223 e. The van der Waals surface area contributed by atoms with Gasteiger partial charge in [-0.15, -0.1) is 0 Å². The van der Waals surface area contributed by atoms with Crippen LogP contribution in [0.4, 0.5) is 5.95 Å². The van der Waals surface area contributed by atoms with Crippen molar-refractivity contribution in [3.63, 3.8) is 0 Å². The maximum atomic E-state index is 5.62. The first-order valence-corrected chi connectivity index (χ1v) is 4.95. The fraction of sp³-hybridized carbons (Fsp3) is 0.300. The highest BCUT2D eigenvalue weighted by molar-refractivity contribution is 5.44. The molecule has 0 fully saturated rings. The Bertz CT molecular complexity index is 482. The minimum absolute atomic E-state index is 0.188. The van der Waals surface area contributed by atoms with Crippen LogP contribution in [0.25, 0.3) is 11.6 Å². The second kappa shape index (κ2) is 4.18. The SMILES string of the molecule is CC(C)c1nc(N)nc(-c2ncccn2)n1. The molecule has 16 heavy (non-hydrogen) atoms. The summed E-state index contributed by atoms with van der Waals surface area (Å²) >= 11 is 0. The molecule has 2 rings (SSSR count). The summed E-state index contributed by atoms with van der Waals surface area (Å²) in [6.45, 7) is 3.98. The van der Waals surface area contributed by atoms with Gasteiger partial charge in [-0.2, -0.15) is 9.97 Å². The molecule has 0 spiro atoms. The van der Waals surface area contributed by atoms with Crippen molar-refractivity contribution < 1.29 is 0 Å². The standard InChI is InChI=1S/C10H12N6/c1-6(2)7-14-9(16-10(11)15-7)8-12-4-3-5-13-8/h3-6H,1-2H3,(H2,11,14,15,16). The molecule has 0 amide bonds. The average molecular weight is 216 g/mol. The van der Waals surface area contributed by atoms with Crippen LogP contribution in [0, 0.1) is 0 Å². The molecule has 2 N–H and O–H groups in total. The minimum Gasteiger partial charge on any atom is -0.368 e. The monoisotopic (exact) mass is 216 g/mol. The van der Waals surface area contributed by atoms with Crippen LogP contribution in [-0.2, 0) is 0 Å². The number of nitrogen functional groups attached to an aromatic ring is 1. The van der Waals surface area contributed by atoms with E-state index in [1.807, 2.05) is 13.8 Å². The van der Waals surface area contributed by atoms with Gasteiger partial charge in [-0.25, -0.2) is 15.0 Å². The van der Waals surface area contributed by atoms with E-state index >= 15 is 0 Å². The molecule has 2 aromatic rings. The highest BCUT2D eigenvalue weighted by Crippen LogP contribution is 2.14. The molecule has 0 aromatic carbocycles. The Morgan fingerprint density at radius 1 is 1.00 bits per heavy atom. The van der Waals surface area contributed by atoms with E-state index in [1.165, 1.54) is 0 Å². The first-order chi connectivity index (χ1) is 7.66. The van der Waals surface area contributed by atoms with E-state index in [-0.39, 0.29) is 11.9 Å². The zero-order valence-electron chi connectivity index (χ0n) is 9.12. The van der Waals surface area contributed by atoms with Gasteiger partial charge in [0.25, 0.3) is 0 Å². The van der Waals surface area contributed by atoms with E-state index in [4.69, 9.17) is 5.73 Å². The van der Waals surface area contributed by atoms with Gasteiger partial charge in [0.15, 0.2) is 5.82 Å². The van der Waals surface area contributed by atoms with Crippen LogP contribution in [0.15, 0.2) is 18.5 Å². The van der Waals surface area contributed by atoms with Crippen LogP contribution < -0.4 is 5.73 Å². The van der Waals surface area contributed by atoms with Crippen molar-refractivity contribution in [1.82, 2.24) is 24.9 Å². The van der Waals surface area contributed by atoms with E-state index < -0.39 is 0 Å². The molecule has 82 valence electrons. The van der Waals surface area contributed by atoms with Crippen molar-refractivity contribution in [3.05, 3.63) is 24.3 Å². The van der Waals surface area contributed by atoms with Gasteiger partial charge in [-0.1, -0.05) is 13.8 Å². The lowest BCUT2D eigenvalue weighted by atomic mass is 10.2. The zero-order chi connectivity index (χ0) is 11.5. The summed E-state index contributed by atoms with van der Waals surface area (Å²) in [5.41, 5.74) is 5.62. The van der Waals surface area contributed by atoms with Gasteiger partial charge in [-0.3, -0.25) is 0 Å². The molecule has 2 heterocycles. The van der Waals surface area contributed by atoms with Crippen molar-refractivity contribution in [2.24, 2.45) is 0 Å². The van der Waals surface area contributed by atoms with Gasteiger partial charge < -0.3 is 5.73 Å². The van der Waals surface area contributed by atoms with Crippen LogP contribution in [-0.4, -0.2) is 24.9 Å². The third-order valence-electron chi connectivity index (χ3n) is 1.95. The van der Waals surface area contributed by atoms with Crippen LogP contribution in [0.3, 0.4) is 0 Å². The van der Waals surface area contributed by atoms with Gasteiger partial charge in [0.1, 0.15) is 5.82 Å². The number of rotatable bonds is 2. The van der Waals surface area contributed by atoms with Gasteiger partial charge in [0, 0.05) is 18.3 Å². The molecule has 6 nitrogen and oxygen atoms in total. The Labute approximate surface area is 93.0 Å². The molecule has 0 aliphatic heterocycles. The largest absolute Gasteiger partial charge is 0.368 e. The van der Waals surface area contributed by atoms with E-state index in [0.29, 0.717) is 17.5 Å². The molecule has 0 bridgehead atoms. The van der Waals surface area contributed by atoms with Crippen LogP contribution >= 0.6 is 0 Å². The first kappa shape index (κ1) is 10.4. The maximum absolute atomic E-state index is 5.62. The number of hydrogen-bond acceptors (Lipinski definition) is 6. The van der Waals surface area contributed by atoms with Gasteiger partial charge in [-0.05, 0) is 6.07 Å². The molecular weight excluding hydrogens is 204 g/mol. The smallest absolute Gasteiger partial charge is 0.223 e. The minimum atomic E-state index is 0.188. The summed E-state index contributed by atoms with van der Waals surface area (Å²) in [5, 5.41) is 0. The van der Waals surface area contributed by atoms with Crippen molar-refractivity contribution in [2.45, 2.75) is 19.8 Å². The number of nitrogens with two attached hydrogens (primary N) is 1. The third kappa shape index (κ3) is 2.10. The Hall–Kier alpha value is -2.11. The summed E-state index contributed by atoms with van der Waals surface area (Å²) in [6.07, 6.45) is 3.27. The molecule has 2 aromatic heterocycles. The Morgan fingerprint density at radius 3 is 2.31 bits per heavy atom. The van der Waals surface area contributed by atoms with Crippen molar-refractivity contribution in [2.75, 3.05) is 5.73 Å². The second-order valence-electron chi connectivity index (χ2n) is 3.60. The summed E-state index contributed by atoms with van der Waals surface area (Å²) in [5.74, 6) is 1.90.